The van der Waals surface area contributed by atoms with Gasteiger partial charge in [0.05, 0.1) is 17.7 Å². The Morgan fingerprint density at radius 2 is 1.87 bits per heavy atom. The number of aliphatic hydroxyl groups excluding tert-OH is 1. The molecule has 6 nitrogen and oxygen atoms in total. The topological polar surface area (TPSA) is 76.4 Å². The van der Waals surface area contributed by atoms with Crippen molar-refractivity contribution in [1.82, 2.24) is 15.1 Å². The van der Waals surface area contributed by atoms with Crippen molar-refractivity contribution in [2.75, 3.05) is 13.2 Å². The molecule has 30 heavy (non-hydrogen) atoms. The van der Waals surface area contributed by atoms with Crippen LogP contribution in [0, 0.1) is 19.8 Å². The molecule has 0 aliphatic carbocycles. The maximum atomic E-state index is 12.5. The van der Waals surface area contributed by atoms with Crippen molar-refractivity contribution in [3.8, 4) is 5.75 Å². The fourth-order valence-corrected chi connectivity index (χ4v) is 2.96. The Bertz CT molecular complexity index is 846. The molecule has 1 aromatic carbocycles. The fraction of sp³-hybridized carbons (Fsp3) is 0.524. The number of nitrogens with one attached hydrogen (secondary N) is 1. The molecule has 0 radical (unpaired) electrons. The maximum absolute atomic E-state index is 12.5. The minimum absolute atomic E-state index is 0.0301. The second-order valence-electron chi connectivity index (χ2n) is 7.69. The van der Waals surface area contributed by atoms with Crippen molar-refractivity contribution in [3.05, 3.63) is 46.8 Å². The first kappa shape index (κ1) is 23.7. The normalized spacial score (nSPS) is 12.8. The van der Waals surface area contributed by atoms with Crippen molar-refractivity contribution in [3.63, 3.8) is 0 Å². The van der Waals surface area contributed by atoms with Gasteiger partial charge in [0.1, 0.15) is 18.5 Å². The number of aliphatic hydroxyl groups is 1. The molecule has 1 amide bonds. The number of alkyl halides is 3. The van der Waals surface area contributed by atoms with Crippen molar-refractivity contribution in [2.45, 2.75) is 52.9 Å². The average Bonchev–Trinajstić information content (AvgIpc) is 2.91. The van der Waals surface area contributed by atoms with E-state index in [1.54, 1.807) is 0 Å². The number of hydrogen-bond acceptors (Lipinski definition) is 4. The molecule has 0 fully saturated rings. The van der Waals surface area contributed by atoms with E-state index >= 15 is 0 Å². The highest BCUT2D eigenvalue weighted by Crippen LogP contribution is 2.30. The van der Waals surface area contributed by atoms with E-state index in [2.05, 4.69) is 24.3 Å². The molecule has 2 N–H and O–H groups in total. The van der Waals surface area contributed by atoms with Crippen molar-refractivity contribution < 1.29 is 27.8 Å². The molecule has 0 spiro atoms. The molecular weight excluding hydrogens is 399 g/mol. The maximum Gasteiger partial charge on any atom is 0.416 e. The van der Waals surface area contributed by atoms with Crippen LogP contribution in [0.25, 0.3) is 0 Å². The monoisotopic (exact) mass is 427 g/mol. The third-order valence-electron chi connectivity index (χ3n) is 4.57. The van der Waals surface area contributed by atoms with Crippen LogP contribution in [-0.2, 0) is 23.9 Å². The Morgan fingerprint density at radius 1 is 1.23 bits per heavy atom. The van der Waals surface area contributed by atoms with Crippen molar-refractivity contribution in [1.29, 1.82) is 0 Å². The number of halogens is 3. The Labute approximate surface area is 174 Å². The highest BCUT2D eigenvalue weighted by molar-refractivity contribution is 5.79. The summed E-state index contributed by atoms with van der Waals surface area (Å²) in [4.78, 5) is 12.3. The summed E-state index contributed by atoms with van der Waals surface area (Å²) in [6.07, 6.45) is -5.26. The summed E-state index contributed by atoms with van der Waals surface area (Å²) in [7, 11) is 0. The van der Waals surface area contributed by atoms with E-state index in [1.807, 2.05) is 18.5 Å². The lowest BCUT2D eigenvalue weighted by Gasteiger charge is -2.14. The largest absolute Gasteiger partial charge is 0.491 e. The van der Waals surface area contributed by atoms with Crippen molar-refractivity contribution in [2.24, 2.45) is 5.92 Å². The number of carbonyl (C=O) groups excluding carboxylic acids is 1. The van der Waals surface area contributed by atoms with Crippen LogP contribution in [0.2, 0.25) is 0 Å². The number of aryl methyl sites for hydroxylation is 1. The fourth-order valence-electron chi connectivity index (χ4n) is 2.96. The summed E-state index contributed by atoms with van der Waals surface area (Å²) in [5.41, 5.74) is 1.84. The zero-order chi connectivity index (χ0) is 22.5. The molecule has 1 unspecified atom stereocenters. The van der Waals surface area contributed by atoms with E-state index in [4.69, 9.17) is 4.74 Å². The van der Waals surface area contributed by atoms with Gasteiger partial charge >= 0.3 is 6.18 Å². The van der Waals surface area contributed by atoms with Gasteiger partial charge in [-0.1, -0.05) is 13.8 Å². The second kappa shape index (κ2) is 9.97. The first-order valence-corrected chi connectivity index (χ1v) is 9.75. The van der Waals surface area contributed by atoms with Crippen LogP contribution >= 0.6 is 0 Å². The first-order valence-electron chi connectivity index (χ1n) is 9.75. The molecule has 2 aromatic rings. The lowest BCUT2D eigenvalue weighted by Crippen LogP contribution is -2.36. The quantitative estimate of drug-likeness (QED) is 0.644. The van der Waals surface area contributed by atoms with Crippen LogP contribution in [0.3, 0.4) is 0 Å². The summed E-state index contributed by atoms with van der Waals surface area (Å²) in [5, 5.41) is 17.1. The Hall–Kier alpha value is -2.55. The summed E-state index contributed by atoms with van der Waals surface area (Å²) >= 11 is 0. The SMILES string of the molecule is Cc1nn(CC(C)C)c(C)c1CC(=O)NCC(O)COc1ccc(C(F)(F)F)cc1. The molecule has 166 valence electrons. The van der Waals surface area contributed by atoms with E-state index in [-0.39, 0.29) is 31.2 Å². The number of benzene rings is 1. The number of nitrogens with zero attached hydrogens (tertiary/aromatic N) is 2. The van der Waals surface area contributed by atoms with Crippen LogP contribution in [0.1, 0.15) is 36.4 Å². The number of amides is 1. The van der Waals surface area contributed by atoms with E-state index in [0.29, 0.717) is 5.92 Å². The van der Waals surface area contributed by atoms with Crippen LogP contribution in [0.15, 0.2) is 24.3 Å². The van der Waals surface area contributed by atoms with Crippen LogP contribution in [0.5, 0.6) is 5.75 Å². The number of hydrogen-bond donors (Lipinski definition) is 2. The van der Waals surface area contributed by atoms with Gasteiger partial charge in [0.15, 0.2) is 0 Å². The molecule has 2 rings (SSSR count). The van der Waals surface area contributed by atoms with Gasteiger partial charge in [-0.3, -0.25) is 9.48 Å². The summed E-state index contributed by atoms with van der Waals surface area (Å²) in [6.45, 7) is 8.56. The van der Waals surface area contributed by atoms with Crippen LogP contribution in [-0.4, -0.2) is 40.0 Å². The van der Waals surface area contributed by atoms with Crippen molar-refractivity contribution >= 4 is 5.91 Å². The predicted octanol–water partition coefficient (Wildman–Crippen LogP) is 3.27. The predicted molar refractivity (Wildman–Crippen MR) is 106 cm³/mol. The lowest BCUT2D eigenvalue weighted by molar-refractivity contribution is -0.137. The van der Waals surface area contributed by atoms with Gasteiger partial charge in [0, 0.05) is 24.3 Å². The van der Waals surface area contributed by atoms with Gasteiger partial charge < -0.3 is 15.2 Å². The molecule has 9 heteroatoms. The van der Waals surface area contributed by atoms with Gasteiger partial charge in [0.2, 0.25) is 5.91 Å². The van der Waals surface area contributed by atoms with Gasteiger partial charge in [-0.2, -0.15) is 18.3 Å². The number of ether oxygens (including phenoxy) is 1. The van der Waals surface area contributed by atoms with E-state index in [0.717, 1.165) is 35.6 Å². The van der Waals surface area contributed by atoms with E-state index in [1.165, 1.54) is 12.1 Å². The molecule has 1 atom stereocenters. The van der Waals surface area contributed by atoms with Gasteiger partial charge in [-0.05, 0) is 44.0 Å². The van der Waals surface area contributed by atoms with Gasteiger partial charge in [-0.15, -0.1) is 0 Å². The molecule has 1 aromatic heterocycles. The molecule has 0 saturated heterocycles. The smallest absolute Gasteiger partial charge is 0.416 e. The molecule has 0 saturated carbocycles. The van der Waals surface area contributed by atoms with Crippen LogP contribution in [0.4, 0.5) is 13.2 Å². The van der Waals surface area contributed by atoms with Crippen LogP contribution < -0.4 is 10.1 Å². The lowest BCUT2D eigenvalue weighted by atomic mass is 10.1. The number of carbonyl (C=O) groups is 1. The minimum atomic E-state index is -4.41. The molecule has 0 aliphatic rings. The minimum Gasteiger partial charge on any atom is -0.491 e. The molecule has 1 heterocycles. The van der Waals surface area contributed by atoms with E-state index in [9.17, 15) is 23.1 Å². The number of rotatable bonds is 9. The summed E-state index contributed by atoms with van der Waals surface area (Å²) < 4.78 is 44.8. The third kappa shape index (κ3) is 6.76. The average molecular weight is 427 g/mol. The standard InChI is InChI=1S/C21H28F3N3O3/c1-13(2)11-27-15(4)19(14(3)26-27)9-20(29)25-10-17(28)12-30-18-7-5-16(6-8-18)21(22,23)24/h5-8,13,17,28H,9-12H2,1-4H3,(H,25,29). The molecule has 0 aliphatic heterocycles. The molecular formula is C21H28F3N3O3. The summed E-state index contributed by atoms with van der Waals surface area (Å²) in [5.74, 6) is 0.389. The second-order valence-corrected chi connectivity index (χ2v) is 7.69. The zero-order valence-corrected chi connectivity index (χ0v) is 17.6. The van der Waals surface area contributed by atoms with E-state index < -0.39 is 17.8 Å². The highest BCUT2D eigenvalue weighted by atomic mass is 19.4. The highest BCUT2D eigenvalue weighted by Gasteiger charge is 2.30. The zero-order valence-electron chi connectivity index (χ0n) is 17.6. The summed E-state index contributed by atoms with van der Waals surface area (Å²) in [6, 6.07) is 4.20. The van der Waals surface area contributed by atoms with Gasteiger partial charge in [-0.25, -0.2) is 0 Å². The third-order valence-corrected chi connectivity index (χ3v) is 4.57. The van der Waals surface area contributed by atoms with Gasteiger partial charge in [0.25, 0.3) is 0 Å². The number of aromatic nitrogens is 2. The Morgan fingerprint density at radius 3 is 2.43 bits per heavy atom. The Balaban J connectivity index is 1.80. The Kier molecular flexibility index (Phi) is 7.89. The first-order chi connectivity index (χ1) is 14.0. The molecule has 0 bridgehead atoms.